The normalized spacial score (nSPS) is 16.0. The highest BCUT2D eigenvalue weighted by Gasteiger charge is 2.15. The number of hydrogen-bond donors (Lipinski definition) is 1. The highest BCUT2D eigenvalue weighted by Crippen LogP contribution is 2.23. The number of pyridine rings is 1. The van der Waals surface area contributed by atoms with Crippen molar-refractivity contribution in [1.29, 1.82) is 0 Å². The number of ether oxygens (including phenoxy) is 1. The molecule has 4 heteroatoms. The molecule has 0 aliphatic heterocycles. The molecule has 1 saturated carbocycles. The van der Waals surface area contributed by atoms with Gasteiger partial charge in [0.15, 0.2) is 0 Å². The Bertz CT molecular complexity index is 426. The van der Waals surface area contributed by atoms with E-state index in [1.807, 2.05) is 0 Å². The van der Waals surface area contributed by atoms with E-state index in [0.29, 0.717) is 11.6 Å². The Morgan fingerprint density at radius 1 is 1.44 bits per heavy atom. The van der Waals surface area contributed by atoms with Gasteiger partial charge < -0.3 is 10.1 Å². The maximum atomic E-state index is 11.2. The van der Waals surface area contributed by atoms with Crippen LogP contribution in [0.5, 0.6) is 5.88 Å². The highest BCUT2D eigenvalue weighted by atomic mass is 16.5. The molecule has 1 aromatic heterocycles. The van der Waals surface area contributed by atoms with Gasteiger partial charge in [-0.2, -0.15) is 0 Å². The zero-order valence-corrected chi connectivity index (χ0v) is 10.4. The van der Waals surface area contributed by atoms with Crippen molar-refractivity contribution in [3.63, 3.8) is 0 Å². The van der Waals surface area contributed by atoms with Crippen LogP contribution in [0.2, 0.25) is 0 Å². The summed E-state index contributed by atoms with van der Waals surface area (Å²) in [4.78, 5) is 15.4. The summed E-state index contributed by atoms with van der Waals surface area (Å²) in [5.74, 6) is 0.341. The van der Waals surface area contributed by atoms with Crippen LogP contribution in [0.15, 0.2) is 31.0 Å². The van der Waals surface area contributed by atoms with Crippen molar-refractivity contribution in [2.24, 2.45) is 0 Å². The molecule has 1 aliphatic rings. The minimum absolute atomic E-state index is 0.232. The molecular formula is C14H18N2O2. The monoisotopic (exact) mass is 246 g/mol. The third-order valence-corrected chi connectivity index (χ3v) is 3.03. The molecule has 96 valence electrons. The molecule has 0 atom stereocenters. The molecule has 1 fully saturated rings. The van der Waals surface area contributed by atoms with Crippen LogP contribution in [0.1, 0.15) is 32.1 Å². The first kappa shape index (κ1) is 12.6. The Morgan fingerprint density at radius 3 is 2.94 bits per heavy atom. The van der Waals surface area contributed by atoms with E-state index in [9.17, 15) is 4.79 Å². The summed E-state index contributed by atoms with van der Waals surface area (Å²) in [6.07, 6.45) is 9.05. The molecule has 1 heterocycles. The lowest BCUT2D eigenvalue weighted by atomic mass is 9.98. The van der Waals surface area contributed by atoms with Gasteiger partial charge in [-0.15, -0.1) is 0 Å². The molecule has 0 unspecified atom stereocenters. The minimum Gasteiger partial charge on any atom is -0.474 e. The standard InChI is InChI=1S/C14H18N2O2/c1-2-13(17)16-11-8-9-15-14(10-11)18-12-6-4-3-5-7-12/h2,8-10,12H,1,3-7H2,(H,15,16,17). The molecule has 18 heavy (non-hydrogen) atoms. The van der Waals surface area contributed by atoms with E-state index in [2.05, 4.69) is 16.9 Å². The number of anilines is 1. The van der Waals surface area contributed by atoms with Gasteiger partial charge in [0, 0.05) is 18.0 Å². The highest BCUT2D eigenvalue weighted by molar-refractivity contribution is 5.98. The summed E-state index contributed by atoms with van der Waals surface area (Å²) in [7, 11) is 0. The van der Waals surface area contributed by atoms with Gasteiger partial charge in [0.25, 0.3) is 0 Å². The summed E-state index contributed by atoms with van der Waals surface area (Å²) in [5.41, 5.74) is 0.681. The largest absolute Gasteiger partial charge is 0.474 e. The van der Waals surface area contributed by atoms with Crippen LogP contribution in [0.4, 0.5) is 5.69 Å². The molecular weight excluding hydrogens is 228 g/mol. The second-order valence-corrected chi connectivity index (χ2v) is 4.45. The smallest absolute Gasteiger partial charge is 0.247 e. The molecule has 0 radical (unpaired) electrons. The van der Waals surface area contributed by atoms with E-state index in [1.165, 1.54) is 25.3 Å². The number of aromatic nitrogens is 1. The van der Waals surface area contributed by atoms with Crippen molar-refractivity contribution >= 4 is 11.6 Å². The van der Waals surface area contributed by atoms with Crippen LogP contribution in [0.25, 0.3) is 0 Å². The Balaban J connectivity index is 1.97. The number of amides is 1. The lowest BCUT2D eigenvalue weighted by Gasteiger charge is -2.22. The average molecular weight is 246 g/mol. The zero-order chi connectivity index (χ0) is 12.8. The first-order valence-corrected chi connectivity index (χ1v) is 6.34. The molecule has 1 amide bonds. The Morgan fingerprint density at radius 2 is 2.22 bits per heavy atom. The first-order valence-electron chi connectivity index (χ1n) is 6.34. The van der Waals surface area contributed by atoms with Gasteiger partial charge in [0.2, 0.25) is 11.8 Å². The Hall–Kier alpha value is -1.84. The lowest BCUT2D eigenvalue weighted by molar-refractivity contribution is -0.111. The topological polar surface area (TPSA) is 51.2 Å². The quantitative estimate of drug-likeness (QED) is 0.831. The minimum atomic E-state index is -0.232. The number of nitrogens with zero attached hydrogens (tertiary/aromatic N) is 1. The summed E-state index contributed by atoms with van der Waals surface area (Å²) in [6.45, 7) is 3.41. The lowest BCUT2D eigenvalue weighted by Crippen LogP contribution is -2.20. The summed E-state index contributed by atoms with van der Waals surface area (Å²) < 4.78 is 5.82. The molecule has 2 rings (SSSR count). The second-order valence-electron chi connectivity index (χ2n) is 4.45. The fraction of sp³-hybridized carbons (Fsp3) is 0.429. The molecule has 1 N–H and O–H groups in total. The number of nitrogens with one attached hydrogen (secondary N) is 1. The fourth-order valence-corrected chi connectivity index (χ4v) is 2.10. The van der Waals surface area contributed by atoms with Gasteiger partial charge >= 0.3 is 0 Å². The van der Waals surface area contributed by atoms with Crippen LogP contribution in [0.3, 0.4) is 0 Å². The molecule has 0 bridgehead atoms. The van der Waals surface area contributed by atoms with E-state index < -0.39 is 0 Å². The van der Waals surface area contributed by atoms with Gasteiger partial charge in [-0.05, 0) is 37.8 Å². The number of rotatable bonds is 4. The molecule has 0 aromatic carbocycles. The van der Waals surface area contributed by atoms with Crippen molar-refractivity contribution in [2.45, 2.75) is 38.2 Å². The summed E-state index contributed by atoms with van der Waals surface area (Å²) in [5, 5.41) is 2.69. The zero-order valence-electron chi connectivity index (χ0n) is 10.4. The van der Waals surface area contributed by atoms with E-state index in [1.54, 1.807) is 18.3 Å². The molecule has 0 spiro atoms. The SMILES string of the molecule is C=CC(=O)Nc1ccnc(OC2CCCCC2)c1. The number of hydrogen-bond acceptors (Lipinski definition) is 3. The fourth-order valence-electron chi connectivity index (χ4n) is 2.10. The van der Waals surface area contributed by atoms with Gasteiger partial charge in [-0.25, -0.2) is 4.98 Å². The van der Waals surface area contributed by atoms with Gasteiger partial charge in [-0.1, -0.05) is 13.0 Å². The summed E-state index contributed by atoms with van der Waals surface area (Å²) >= 11 is 0. The van der Waals surface area contributed by atoms with E-state index in [-0.39, 0.29) is 12.0 Å². The van der Waals surface area contributed by atoms with E-state index in [4.69, 9.17) is 4.74 Å². The molecule has 1 aliphatic carbocycles. The summed E-state index contributed by atoms with van der Waals surface area (Å²) in [6, 6.07) is 3.48. The van der Waals surface area contributed by atoms with Gasteiger partial charge in [-0.3, -0.25) is 4.79 Å². The van der Waals surface area contributed by atoms with Crippen LogP contribution < -0.4 is 10.1 Å². The van der Waals surface area contributed by atoms with Crippen LogP contribution in [0, 0.1) is 0 Å². The number of carbonyl (C=O) groups is 1. The van der Waals surface area contributed by atoms with Crippen LogP contribution in [-0.2, 0) is 4.79 Å². The van der Waals surface area contributed by atoms with E-state index >= 15 is 0 Å². The molecule has 1 aromatic rings. The average Bonchev–Trinajstić information content (AvgIpc) is 2.40. The van der Waals surface area contributed by atoms with Crippen LogP contribution in [-0.4, -0.2) is 17.0 Å². The third-order valence-electron chi connectivity index (χ3n) is 3.03. The van der Waals surface area contributed by atoms with Crippen molar-refractivity contribution in [3.8, 4) is 5.88 Å². The first-order chi connectivity index (χ1) is 8.78. The Kier molecular flexibility index (Phi) is 4.34. The van der Waals surface area contributed by atoms with Crippen LogP contribution >= 0.6 is 0 Å². The van der Waals surface area contributed by atoms with Crippen molar-refractivity contribution in [3.05, 3.63) is 31.0 Å². The van der Waals surface area contributed by atoms with Crippen molar-refractivity contribution in [2.75, 3.05) is 5.32 Å². The molecule has 4 nitrogen and oxygen atoms in total. The van der Waals surface area contributed by atoms with Gasteiger partial charge in [0.05, 0.1) is 0 Å². The maximum Gasteiger partial charge on any atom is 0.247 e. The van der Waals surface area contributed by atoms with Gasteiger partial charge in [0.1, 0.15) is 6.10 Å². The van der Waals surface area contributed by atoms with Crippen molar-refractivity contribution < 1.29 is 9.53 Å². The number of carbonyl (C=O) groups excluding carboxylic acids is 1. The van der Waals surface area contributed by atoms with E-state index in [0.717, 1.165) is 12.8 Å². The predicted molar refractivity (Wildman–Crippen MR) is 70.6 cm³/mol. The Labute approximate surface area is 107 Å². The predicted octanol–water partition coefficient (Wildman–Crippen LogP) is 2.92. The maximum absolute atomic E-state index is 11.2. The third kappa shape index (κ3) is 3.58. The second kappa shape index (κ2) is 6.19. The van der Waals surface area contributed by atoms with Crippen molar-refractivity contribution in [1.82, 2.24) is 4.98 Å². The molecule has 0 saturated heterocycles.